The lowest BCUT2D eigenvalue weighted by molar-refractivity contribution is -0.119. The van der Waals surface area contributed by atoms with Gasteiger partial charge in [-0.25, -0.2) is 0 Å². The van der Waals surface area contributed by atoms with E-state index in [2.05, 4.69) is 16.3 Å². The van der Waals surface area contributed by atoms with Gasteiger partial charge in [-0.2, -0.15) is 5.26 Å². The van der Waals surface area contributed by atoms with Crippen LogP contribution in [0.2, 0.25) is 0 Å². The van der Waals surface area contributed by atoms with E-state index in [-0.39, 0.29) is 17.9 Å². The highest BCUT2D eigenvalue weighted by molar-refractivity contribution is 5.73. The summed E-state index contributed by atoms with van der Waals surface area (Å²) >= 11 is 0. The molecule has 3 rings (SSSR count). The first-order chi connectivity index (χ1) is 12.0. The van der Waals surface area contributed by atoms with E-state index in [1.54, 1.807) is 6.92 Å². The van der Waals surface area contributed by atoms with Crippen LogP contribution in [0.3, 0.4) is 0 Å². The van der Waals surface area contributed by atoms with E-state index in [0.29, 0.717) is 5.69 Å². The van der Waals surface area contributed by atoms with Crippen LogP contribution in [-0.4, -0.2) is 34.5 Å². The third-order valence-corrected chi connectivity index (χ3v) is 4.73. The molecule has 25 heavy (non-hydrogen) atoms. The molecule has 2 aromatic rings. The topological polar surface area (TPSA) is 74.2 Å². The maximum Gasteiger partial charge on any atom is 0.217 e. The first-order valence-corrected chi connectivity index (χ1v) is 8.65. The fraction of sp³-hybridized carbons (Fsp3) is 0.474. The fourth-order valence-electron chi connectivity index (χ4n) is 3.63. The molecule has 1 amide bonds. The molecule has 0 saturated carbocycles. The molecule has 3 heterocycles. The second kappa shape index (κ2) is 7.16. The van der Waals surface area contributed by atoms with Gasteiger partial charge in [0, 0.05) is 39.3 Å². The Morgan fingerprint density at radius 3 is 2.80 bits per heavy atom. The maximum atomic E-state index is 11.6. The van der Waals surface area contributed by atoms with E-state index in [0.717, 1.165) is 43.3 Å². The highest BCUT2D eigenvalue weighted by Gasteiger charge is 2.36. The summed E-state index contributed by atoms with van der Waals surface area (Å²) in [5, 5.41) is 12.3. The van der Waals surface area contributed by atoms with Crippen molar-refractivity contribution >= 4 is 5.91 Å². The van der Waals surface area contributed by atoms with E-state index < -0.39 is 0 Å². The molecule has 2 aromatic heterocycles. The Morgan fingerprint density at radius 1 is 1.44 bits per heavy atom. The number of carbonyl (C=O) groups is 1. The van der Waals surface area contributed by atoms with Crippen molar-refractivity contribution in [1.82, 2.24) is 14.8 Å². The summed E-state index contributed by atoms with van der Waals surface area (Å²) < 4.78 is 7.77. The molecule has 0 bridgehead atoms. The van der Waals surface area contributed by atoms with E-state index in [1.165, 1.54) is 0 Å². The van der Waals surface area contributed by atoms with Gasteiger partial charge in [-0.1, -0.05) is 0 Å². The van der Waals surface area contributed by atoms with Crippen LogP contribution in [0.25, 0.3) is 0 Å². The number of carbonyl (C=O) groups excluding carboxylic acids is 1. The van der Waals surface area contributed by atoms with Gasteiger partial charge in [0.15, 0.2) is 0 Å². The number of amides is 1. The highest BCUT2D eigenvalue weighted by atomic mass is 16.3. The monoisotopic (exact) mass is 340 g/mol. The molecule has 0 aliphatic carbocycles. The van der Waals surface area contributed by atoms with E-state index >= 15 is 0 Å². The molecule has 0 radical (unpaired) electrons. The standard InChI is InChI=1S/C19H24N4O2/c1-4-23-10-15(7-16(23)8-20)9-22-11-17(18(12-22)21-14(3)24)19-6-5-13(2)25-19/h5-7,10,17-18H,4,9,11-12H2,1-3H3,(H,21,24)/t17-,18-/m0/s1. The summed E-state index contributed by atoms with van der Waals surface area (Å²) in [4.78, 5) is 13.9. The lowest BCUT2D eigenvalue weighted by atomic mass is 10.0. The summed E-state index contributed by atoms with van der Waals surface area (Å²) in [5.74, 6) is 1.92. The zero-order valence-corrected chi connectivity index (χ0v) is 15.0. The Kier molecular flexibility index (Phi) is 4.95. The molecule has 1 fully saturated rings. The van der Waals surface area contributed by atoms with Crippen LogP contribution in [0.15, 0.2) is 28.8 Å². The summed E-state index contributed by atoms with van der Waals surface area (Å²) in [7, 11) is 0. The van der Waals surface area contributed by atoms with Crippen molar-refractivity contribution in [2.75, 3.05) is 13.1 Å². The molecular formula is C19H24N4O2. The van der Waals surface area contributed by atoms with Crippen LogP contribution in [-0.2, 0) is 17.9 Å². The summed E-state index contributed by atoms with van der Waals surface area (Å²) in [5.41, 5.74) is 1.81. The number of hydrogen-bond acceptors (Lipinski definition) is 4. The molecule has 1 N–H and O–H groups in total. The first-order valence-electron chi connectivity index (χ1n) is 8.65. The van der Waals surface area contributed by atoms with E-state index in [9.17, 15) is 10.1 Å². The Bertz CT molecular complexity index is 799. The number of nitrogens with one attached hydrogen (secondary N) is 1. The minimum atomic E-state index is -0.0240. The van der Waals surface area contributed by atoms with Crippen LogP contribution >= 0.6 is 0 Å². The van der Waals surface area contributed by atoms with Crippen LogP contribution in [0.1, 0.15) is 42.5 Å². The molecule has 0 spiro atoms. The van der Waals surface area contributed by atoms with Gasteiger partial charge in [0.1, 0.15) is 23.3 Å². The lowest BCUT2D eigenvalue weighted by Gasteiger charge is -2.17. The number of rotatable bonds is 5. The molecular weight excluding hydrogens is 316 g/mol. The van der Waals surface area contributed by atoms with Gasteiger partial charge < -0.3 is 14.3 Å². The van der Waals surface area contributed by atoms with E-state index in [4.69, 9.17) is 4.42 Å². The third kappa shape index (κ3) is 3.77. The van der Waals surface area contributed by atoms with Gasteiger partial charge in [0.25, 0.3) is 0 Å². The molecule has 2 atom stereocenters. The molecule has 0 unspecified atom stereocenters. The average Bonchev–Trinajstić information content (AvgIpc) is 3.25. The number of likely N-dealkylation sites (tertiary alicyclic amines) is 1. The minimum absolute atomic E-state index is 0.0240. The molecule has 6 heteroatoms. The van der Waals surface area contributed by atoms with Crippen molar-refractivity contribution in [2.24, 2.45) is 0 Å². The molecule has 1 saturated heterocycles. The predicted octanol–water partition coefficient (Wildman–Crippen LogP) is 2.39. The van der Waals surface area contributed by atoms with Crippen LogP contribution in [0.5, 0.6) is 0 Å². The maximum absolute atomic E-state index is 11.6. The molecule has 0 aromatic carbocycles. The van der Waals surface area contributed by atoms with Crippen LogP contribution in [0, 0.1) is 18.3 Å². The zero-order chi connectivity index (χ0) is 18.0. The van der Waals surface area contributed by atoms with Crippen molar-refractivity contribution in [3.63, 3.8) is 0 Å². The Balaban J connectivity index is 1.76. The van der Waals surface area contributed by atoms with Crippen molar-refractivity contribution in [1.29, 1.82) is 5.26 Å². The van der Waals surface area contributed by atoms with Crippen molar-refractivity contribution in [2.45, 2.75) is 45.8 Å². The SMILES string of the molecule is CCn1cc(CN2C[C@H](NC(C)=O)[C@@H](c3ccc(C)o3)C2)cc1C#N. The smallest absolute Gasteiger partial charge is 0.217 e. The van der Waals surface area contributed by atoms with Crippen molar-refractivity contribution < 1.29 is 9.21 Å². The van der Waals surface area contributed by atoms with Gasteiger partial charge in [0.2, 0.25) is 5.91 Å². The number of aromatic nitrogens is 1. The number of nitriles is 1. The van der Waals surface area contributed by atoms with Crippen molar-refractivity contribution in [3.8, 4) is 6.07 Å². The van der Waals surface area contributed by atoms with Crippen LogP contribution in [0.4, 0.5) is 0 Å². The average molecular weight is 340 g/mol. The number of aryl methyl sites for hydroxylation is 2. The highest BCUT2D eigenvalue weighted by Crippen LogP contribution is 2.30. The zero-order valence-electron chi connectivity index (χ0n) is 15.0. The molecule has 6 nitrogen and oxygen atoms in total. The summed E-state index contributed by atoms with van der Waals surface area (Å²) in [6.45, 7) is 8.64. The molecule has 132 valence electrons. The number of furan rings is 1. The van der Waals surface area contributed by atoms with E-state index in [1.807, 2.05) is 42.8 Å². The molecule has 1 aliphatic heterocycles. The summed E-state index contributed by atoms with van der Waals surface area (Å²) in [6.07, 6.45) is 2.04. The van der Waals surface area contributed by atoms with Crippen LogP contribution < -0.4 is 5.32 Å². The van der Waals surface area contributed by atoms with Gasteiger partial charge in [-0.05, 0) is 37.6 Å². The first kappa shape index (κ1) is 17.3. The largest absolute Gasteiger partial charge is 0.466 e. The lowest BCUT2D eigenvalue weighted by Crippen LogP contribution is -2.38. The molecule has 1 aliphatic rings. The Hall–Kier alpha value is -2.52. The normalized spacial score (nSPS) is 20.6. The quantitative estimate of drug-likeness (QED) is 0.907. The van der Waals surface area contributed by atoms with Gasteiger partial charge in [-0.15, -0.1) is 0 Å². The van der Waals surface area contributed by atoms with Gasteiger partial charge in [0.05, 0.1) is 12.0 Å². The second-order valence-electron chi connectivity index (χ2n) is 6.69. The summed E-state index contributed by atoms with van der Waals surface area (Å²) in [6, 6.07) is 8.18. The van der Waals surface area contributed by atoms with Gasteiger partial charge in [-0.3, -0.25) is 9.69 Å². The Labute approximate surface area is 148 Å². The minimum Gasteiger partial charge on any atom is -0.466 e. The second-order valence-corrected chi connectivity index (χ2v) is 6.69. The number of hydrogen-bond donors (Lipinski definition) is 1. The predicted molar refractivity (Wildman–Crippen MR) is 93.9 cm³/mol. The third-order valence-electron chi connectivity index (χ3n) is 4.73. The van der Waals surface area contributed by atoms with Crippen molar-refractivity contribution in [3.05, 3.63) is 47.2 Å². The van der Waals surface area contributed by atoms with Gasteiger partial charge >= 0.3 is 0 Å². The fourth-order valence-corrected chi connectivity index (χ4v) is 3.63. The Morgan fingerprint density at radius 2 is 2.24 bits per heavy atom. The number of nitrogens with zero attached hydrogens (tertiary/aromatic N) is 3.